The maximum atomic E-state index is 12.3. The van der Waals surface area contributed by atoms with Gasteiger partial charge in [0, 0.05) is 6.20 Å². The highest BCUT2D eigenvalue weighted by Crippen LogP contribution is 2.28. The monoisotopic (exact) mass is 219 g/mol. The van der Waals surface area contributed by atoms with Crippen LogP contribution in [-0.4, -0.2) is 18.1 Å². The standard InChI is InChI=1S/C9H8F3NO2/c1-5-4-13-7(9(10,11)12)3-6(5)8(14)15-2/h3-4H,1-2H3. The highest BCUT2D eigenvalue weighted by Gasteiger charge is 2.33. The molecule has 1 aromatic rings. The molecule has 0 aliphatic rings. The van der Waals surface area contributed by atoms with Gasteiger partial charge in [-0.15, -0.1) is 0 Å². The van der Waals surface area contributed by atoms with Crippen molar-refractivity contribution < 1.29 is 22.7 Å². The zero-order valence-electron chi connectivity index (χ0n) is 8.05. The largest absolute Gasteiger partial charge is 0.465 e. The predicted octanol–water partition coefficient (Wildman–Crippen LogP) is 2.20. The lowest BCUT2D eigenvalue weighted by molar-refractivity contribution is -0.141. The van der Waals surface area contributed by atoms with Crippen LogP contribution in [0.1, 0.15) is 21.6 Å². The lowest BCUT2D eigenvalue weighted by Gasteiger charge is -2.08. The van der Waals surface area contributed by atoms with Gasteiger partial charge in [-0.3, -0.25) is 4.98 Å². The summed E-state index contributed by atoms with van der Waals surface area (Å²) in [7, 11) is 1.11. The smallest absolute Gasteiger partial charge is 0.433 e. The van der Waals surface area contributed by atoms with Gasteiger partial charge in [0.1, 0.15) is 5.69 Å². The Kier molecular flexibility index (Phi) is 2.97. The Bertz CT molecular complexity index is 387. The maximum Gasteiger partial charge on any atom is 0.433 e. The van der Waals surface area contributed by atoms with Crippen molar-refractivity contribution in [2.24, 2.45) is 0 Å². The number of carbonyl (C=O) groups is 1. The number of aromatic nitrogens is 1. The van der Waals surface area contributed by atoms with Crippen LogP contribution in [-0.2, 0) is 10.9 Å². The number of rotatable bonds is 1. The summed E-state index contributed by atoms with van der Waals surface area (Å²) in [5.41, 5.74) is -0.886. The summed E-state index contributed by atoms with van der Waals surface area (Å²) >= 11 is 0. The van der Waals surface area contributed by atoms with E-state index < -0.39 is 17.8 Å². The van der Waals surface area contributed by atoms with Crippen LogP contribution in [0.15, 0.2) is 12.3 Å². The minimum atomic E-state index is -4.56. The van der Waals surface area contributed by atoms with E-state index in [1.54, 1.807) is 0 Å². The summed E-state index contributed by atoms with van der Waals surface area (Å²) in [5, 5.41) is 0. The van der Waals surface area contributed by atoms with E-state index in [2.05, 4.69) is 9.72 Å². The van der Waals surface area contributed by atoms with Crippen molar-refractivity contribution in [2.75, 3.05) is 7.11 Å². The van der Waals surface area contributed by atoms with E-state index in [1.807, 2.05) is 0 Å². The second-order valence-corrected chi connectivity index (χ2v) is 2.87. The third-order valence-corrected chi connectivity index (χ3v) is 1.80. The van der Waals surface area contributed by atoms with Gasteiger partial charge in [-0.1, -0.05) is 0 Å². The normalized spacial score (nSPS) is 11.3. The number of methoxy groups -OCH3 is 1. The van der Waals surface area contributed by atoms with Crippen molar-refractivity contribution in [2.45, 2.75) is 13.1 Å². The molecule has 6 heteroatoms. The van der Waals surface area contributed by atoms with E-state index in [0.29, 0.717) is 11.6 Å². The average molecular weight is 219 g/mol. The van der Waals surface area contributed by atoms with E-state index in [1.165, 1.54) is 6.92 Å². The Morgan fingerprint density at radius 1 is 1.47 bits per heavy atom. The molecule has 82 valence electrons. The summed E-state index contributed by atoms with van der Waals surface area (Å²) in [5.74, 6) is -0.805. The molecule has 0 radical (unpaired) electrons. The third kappa shape index (κ3) is 2.45. The molecule has 1 aromatic heterocycles. The second kappa shape index (κ2) is 3.88. The van der Waals surface area contributed by atoms with E-state index in [0.717, 1.165) is 13.3 Å². The van der Waals surface area contributed by atoms with Crippen molar-refractivity contribution in [3.8, 4) is 0 Å². The molecule has 3 nitrogen and oxygen atoms in total. The Hall–Kier alpha value is -1.59. The highest BCUT2D eigenvalue weighted by atomic mass is 19.4. The number of carbonyl (C=O) groups excluding carboxylic acids is 1. The van der Waals surface area contributed by atoms with Gasteiger partial charge in [0.05, 0.1) is 12.7 Å². The van der Waals surface area contributed by atoms with Crippen LogP contribution in [0.4, 0.5) is 13.2 Å². The van der Waals surface area contributed by atoms with Gasteiger partial charge >= 0.3 is 12.1 Å². The van der Waals surface area contributed by atoms with Crippen LogP contribution in [0.25, 0.3) is 0 Å². The number of hydrogen-bond acceptors (Lipinski definition) is 3. The fourth-order valence-corrected chi connectivity index (χ4v) is 1.01. The summed E-state index contributed by atoms with van der Waals surface area (Å²) in [6.45, 7) is 1.49. The van der Waals surface area contributed by atoms with E-state index in [4.69, 9.17) is 0 Å². The Morgan fingerprint density at radius 3 is 2.53 bits per heavy atom. The van der Waals surface area contributed by atoms with Gasteiger partial charge in [0.25, 0.3) is 0 Å². The second-order valence-electron chi connectivity index (χ2n) is 2.87. The molecule has 0 spiro atoms. The zero-order valence-corrected chi connectivity index (χ0v) is 8.05. The number of nitrogens with zero attached hydrogens (tertiary/aromatic N) is 1. The number of aryl methyl sites for hydroxylation is 1. The SMILES string of the molecule is COC(=O)c1cc(C(F)(F)F)ncc1C. The number of alkyl halides is 3. The lowest BCUT2D eigenvalue weighted by atomic mass is 10.1. The molecule has 0 aliphatic carbocycles. The molecule has 15 heavy (non-hydrogen) atoms. The molecule has 0 fully saturated rings. The molecular formula is C9H8F3NO2. The molecule has 0 N–H and O–H groups in total. The summed E-state index contributed by atoms with van der Waals surface area (Å²) in [6.07, 6.45) is -3.56. The first-order chi connectivity index (χ1) is 6.86. The van der Waals surface area contributed by atoms with Gasteiger partial charge in [0.2, 0.25) is 0 Å². The first-order valence-electron chi connectivity index (χ1n) is 3.98. The summed E-state index contributed by atoms with van der Waals surface area (Å²) < 4.78 is 41.1. The maximum absolute atomic E-state index is 12.3. The average Bonchev–Trinajstić information content (AvgIpc) is 2.15. The molecule has 0 aliphatic heterocycles. The molecule has 1 heterocycles. The van der Waals surface area contributed by atoms with Crippen LogP contribution in [0, 0.1) is 6.92 Å². The Labute approximate surface area is 83.9 Å². The van der Waals surface area contributed by atoms with Crippen molar-refractivity contribution >= 4 is 5.97 Å². The number of ether oxygens (including phenoxy) is 1. The molecule has 0 bridgehead atoms. The van der Waals surface area contributed by atoms with E-state index in [-0.39, 0.29) is 5.56 Å². The number of pyridine rings is 1. The Balaban J connectivity index is 3.23. The number of halogens is 3. The van der Waals surface area contributed by atoms with Crippen LogP contribution in [0.2, 0.25) is 0 Å². The number of esters is 1. The van der Waals surface area contributed by atoms with Gasteiger partial charge < -0.3 is 4.74 Å². The predicted molar refractivity (Wildman–Crippen MR) is 45.3 cm³/mol. The van der Waals surface area contributed by atoms with Gasteiger partial charge in [-0.25, -0.2) is 4.79 Å². The van der Waals surface area contributed by atoms with Crippen molar-refractivity contribution in [3.63, 3.8) is 0 Å². The van der Waals surface area contributed by atoms with Crippen molar-refractivity contribution in [1.29, 1.82) is 0 Å². The summed E-state index contributed by atoms with van der Waals surface area (Å²) in [4.78, 5) is 14.3. The molecule has 1 rings (SSSR count). The molecule has 0 saturated carbocycles. The molecule has 0 saturated heterocycles. The van der Waals surface area contributed by atoms with E-state index >= 15 is 0 Å². The fourth-order valence-electron chi connectivity index (χ4n) is 1.01. The molecule has 0 atom stereocenters. The van der Waals surface area contributed by atoms with Crippen LogP contribution in [0.3, 0.4) is 0 Å². The molecular weight excluding hydrogens is 211 g/mol. The minimum Gasteiger partial charge on any atom is -0.465 e. The summed E-state index contributed by atoms with van der Waals surface area (Å²) in [6, 6.07) is 0.682. The van der Waals surface area contributed by atoms with Crippen LogP contribution < -0.4 is 0 Å². The lowest BCUT2D eigenvalue weighted by Crippen LogP contribution is -2.12. The van der Waals surface area contributed by atoms with E-state index in [9.17, 15) is 18.0 Å². The molecule has 0 unspecified atom stereocenters. The highest BCUT2D eigenvalue weighted by molar-refractivity contribution is 5.90. The fraction of sp³-hybridized carbons (Fsp3) is 0.333. The van der Waals surface area contributed by atoms with Crippen molar-refractivity contribution in [1.82, 2.24) is 4.98 Å². The van der Waals surface area contributed by atoms with Gasteiger partial charge in [0.15, 0.2) is 0 Å². The Morgan fingerprint density at radius 2 is 2.07 bits per heavy atom. The third-order valence-electron chi connectivity index (χ3n) is 1.80. The van der Waals surface area contributed by atoms with Gasteiger partial charge in [-0.05, 0) is 18.6 Å². The van der Waals surface area contributed by atoms with Gasteiger partial charge in [-0.2, -0.15) is 13.2 Å². The minimum absolute atomic E-state index is 0.125. The van der Waals surface area contributed by atoms with Crippen LogP contribution in [0.5, 0.6) is 0 Å². The molecule has 0 aromatic carbocycles. The number of hydrogen-bond donors (Lipinski definition) is 0. The van der Waals surface area contributed by atoms with Crippen molar-refractivity contribution in [3.05, 3.63) is 29.1 Å². The molecule has 0 amide bonds. The topological polar surface area (TPSA) is 39.2 Å². The first kappa shape index (κ1) is 11.5. The zero-order chi connectivity index (χ0) is 11.6. The van der Waals surface area contributed by atoms with Crippen LogP contribution >= 0.6 is 0 Å². The first-order valence-corrected chi connectivity index (χ1v) is 3.98. The quantitative estimate of drug-likeness (QED) is 0.679.